The topological polar surface area (TPSA) is 108 Å². The van der Waals surface area contributed by atoms with Crippen molar-refractivity contribution in [3.8, 4) is 0 Å². The lowest BCUT2D eigenvalue weighted by atomic mass is 10.0. The fraction of sp³-hybridized carbons (Fsp3) is 0.764. The highest BCUT2D eigenvalue weighted by Crippen LogP contribution is 2.16. The Hall–Kier alpha value is -3.01. The summed E-state index contributed by atoms with van der Waals surface area (Å²) >= 11 is 0. The Labute approximate surface area is 393 Å². The number of hydrogen-bond acceptors (Lipinski definition) is 7. The Morgan fingerprint density at radius 3 is 1.33 bits per heavy atom. The van der Waals surface area contributed by atoms with Crippen LogP contribution >= 0.6 is 0 Å². The van der Waals surface area contributed by atoms with E-state index < -0.39 is 24.3 Å². The minimum atomic E-state index is -1.52. The van der Waals surface area contributed by atoms with Gasteiger partial charge in [0.25, 0.3) is 6.29 Å². The summed E-state index contributed by atoms with van der Waals surface area (Å²) in [5, 5.41) is 9.67. The van der Waals surface area contributed by atoms with E-state index in [4.69, 9.17) is 18.9 Å². The molecule has 64 heavy (non-hydrogen) atoms. The highest BCUT2D eigenvalue weighted by molar-refractivity contribution is 5.71. The second-order valence-corrected chi connectivity index (χ2v) is 18.5. The Kier molecular flexibility index (Phi) is 44.3. The van der Waals surface area contributed by atoms with Crippen molar-refractivity contribution in [3.05, 3.63) is 60.8 Å². The first kappa shape index (κ1) is 61.0. The highest BCUT2D eigenvalue weighted by Gasteiger charge is 2.25. The number of nitrogens with zero attached hydrogens (tertiary/aromatic N) is 1. The van der Waals surface area contributed by atoms with Gasteiger partial charge < -0.3 is 28.5 Å². The van der Waals surface area contributed by atoms with Gasteiger partial charge in [-0.15, -0.1) is 0 Å². The first-order valence-electron chi connectivity index (χ1n) is 26.0. The average Bonchev–Trinajstić information content (AvgIpc) is 3.26. The first-order valence-corrected chi connectivity index (χ1v) is 26.0. The minimum Gasteiger partial charge on any atom is -0.477 e. The molecule has 0 heterocycles. The lowest BCUT2D eigenvalue weighted by Crippen LogP contribution is -2.40. The van der Waals surface area contributed by atoms with Gasteiger partial charge >= 0.3 is 17.9 Å². The second-order valence-electron chi connectivity index (χ2n) is 18.5. The first-order chi connectivity index (χ1) is 31.1. The molecule has 0 aliphatic heterocycles. The zero-order valence-corrected chi connectivity index (χ0v) is 41.9. The summed E-state index contributed by atoms with van der Waals surface area (Å²) in [5.41, 5.74) is 0. The minimum absolute atomic E-state index is 0.180. The predicted molar refractivity (Wildman–Crippen MR) is 267 cm³/mol. The van der Waals surface area contributed by atoms with Crippen LogP contribution < -0.4 is 0 Å². The monoisotopic (exact) mass is 901 g/mol. The largest absolute Gasteiger partial charge is 0.477 e. The molecule has 0 amide bonds. The fourth-order valence-corrected chi connectivity index (χ4v) is 7.04. The van der Waals surface area contributed by atoms with Gasteiger partial charge in [-0.1, -0.05) is 203 Å². The van der Waals surface area contributed by atoms with Crippen LogP contribution in [0.4, 0.5) is 0 Å². The maximum atomic E-state index is 12.8. The van der Waals surface area contributed by atoms with Crippen molar-refractivity contribution >= 4 is 17.9 Å². The van der Waals surface area contributed by atoms with Crippen LogP contribution in [0.25, 0.3) is 0 Å². The third-order valence-electron chi connectivity index (χ3n) is 11.0. The Bertz CT molecular complexity index is 1230. The lowest BCUT2D eigenvalue weighted by molar-refractivity contribution is -0.870. The zero-order chi connectivity index (χ0) is 47.0. The molecule has 0 rings (SSSR count). The van der Waals surface area contributed by atoms with Crippen LogP contribution in [0.1, 0.15) is 213 Å². The third kappa shape index (κ3) is 47.0. The summed E-state index contributed by atoms with van der Waals surface area (Å²) in [6.07, 6.45) is 54.3. The molecule has 2 atom stereocenters. The molecule has 0 aromatic heterocycles. The van der Waals surface area contributed by atoms with Gasteiger partial charge in [0.2, 0.25) is 0 Å². The number of esters is 2. The van der Waals surface area contributed by atoms with Crippen molar-refractivity contribution in [2.45, 2.75) is 225 Å². The van der Waals surface area contributed by atoms with E-state index in [1.54, 1.807) is 0 Å². The van der Waals surface area contributed by atoms with E-state index in [1.807, 2.05) is 21.1 Å². The number of carbonyl (C=O) groups is 3. The molecular weight excluding hydrogens is 803 g/mol. The van der Waals surface area contributed by atoms with Crippen molar-refractivity contribution in [1.82, 2.24) is 0 Å². The number of allylic oxidation sites excluding steroid dienone is 10. The van der Waals surface area contributed by atoms with E-state index in [9.17, 15) is 19.5 Å². The number of hydrogen-bond donors (Lipinski definition) is 1. The second kappa shape index (κ2) is 46.5. The number of carboxylic acids is 1. The van der Waals surface area contributed by atoms with Crippen molar-refractivity contribution in [1.29, 1.82) is 0 Å². The van der Waals surface area contributed by atoms with Gasteiger partial charge in [-0.2, -0.15) is 0 Å². The van der Waals surface area contributed by atoms with Crippen LogP contribution in [0.3, 0.4) is 0 Å². The number of carboxylic acid groups (broad SMARTS) is 1. The van der Waals surface area contributed by atoms with Gasteiger partial charge in [-0.3, -0.25) is 9.59 Å². The Balaban J connectivity index is 4.38. The smallest absolute Gasteiger partial charge is 0.361 e. The molecule has 0 radical (unpaired) electrons. The van der Waals surface area contributed by atoms with Gasteiger partial charge in [-0.05, 0) is 57.8 Å². The van der Waals surface area contributed by atoms with Gasteiger partial charge in [0, 0.05) is 12.8 Å². The molecule has 0 aromatic rings. The van der Waals surface area contributed by atoms with Gasteiger partial charge in [0.05, 0.1) is 34.4 Å². The summed E-state index contributed by atoms with van der Waals surface area (Å²) in [6.45, 7) is 4.73. The van der Waals surface area contributed by atoms with E-state index in [0.29, 0.717) is 23.9 Å². The summed E-state index contributed by atoms with van der Waals surface area (Å²) in [6, 6.07) is 0. The van der Waals surface area contributed by atoms with E-state index in [-0.39, 0.29) is 32.2 Å². The number of quaternary nitrogens is 1. The molecule has 0 bridgehead atoms. The van der Waals surface area contributed by atoms with Crippen LogP contribution in [0.2, 0.25) is 0 Å². The number of rotatable bonds is 47. The van der Waals surface area contributed by atoms with Gasteiger partial charge in [-0.25, -0.2) is 4.79 Å². The number of carbonyl (C=O) groups excluding carboxylic acids is 2. The number of ether oxygens (including phenoxy) is 4. The van der Waals surface area contributed by atoms with Gasteiger partial charge in [0.15, 0.2) is 6.10 Å². The van der Waals surface area contributed by atoms with E-state index in [2.05, 4.69) is 74.6 Å². The Morgan fingerprint density at radius 2 is 0.891 bits per heavy atom. The van der Waals surface area contributed by atoms with E-state index >= 15 is 0 Å². The number of unbranched alkanes of at least 4 members (excludes halogenated alkanes) is 22. The highest BCUT2D eigenvalue weighted by atomic mass is 16.7. The van der Waals surface area contributed by atoms with Crippen molar-refractivity contribution in [2.24, 2.45) is 0 Å². The fourth-order valence-electron chi connectivity index (χ4n) is 7.04. The molecule has 0 spiro atoms. The van der Waals surface area contributed by atoms with Crippen molar-refractivity contribution < 1.29 is 42.9 Å². The summed E-state index contributed by atoms with van der Waals surface area (Å²) in [4.78, 5) is 37.3. The molecule has 0 aliphatic carbocycles. The third-order valence-corrected chi connectivity index (χ3v) is 11.0. The van der Waals surface area contributed by atoms with Crippen LogP contribution in [0.5, 0.6) is 0 Å². The molecule has 1 N–H and O–H groups in total. The normalized spacial score (nSPS) is 13.3. The molecule has 9 nitrogen and oxygen atoms in total. The average molecular weight is 901 g/mol. The van der Waals surface area contributed by atoms with Crippen LogP contribution in [-0.4, -0.2) is 87.4 Å². The number of likely N-dealkylation sites (N-methyl/N-ethyl adjacent to an activating group) is 1. The van der Waals surface area contributed by atoms with Crippen LogP contribution in [-0.2, 0) is 33.3 Å². The number of aliphatic carboxylic acids is 1. The van der Waals surface area contributed by atoms with Crippen molar-refractivity contribution in [3.63, 3.8) is 0 Å². The van der Waals surface area contributed by atoms with Gasteiger partial charge in [0.1, 0.15) is 13.2 Å². The molecule has 0 aliphatic rings. The molecular formula is C55H98NO8+. The predicted octanol–water partition coefficient (Wildman–Crippen LogP) is 14.5. The maximum absolute atomic E-state index is 12.8. The summed E-state index contributed by atoms with van der Waals surface area (Å²) in [5.74, 6) is -2.05. The molecule has 370 valence electrons. The van der Waals surface area contributed by atoms with E-state index in [0.717, 1.165) is 70.6 Å². The standard InChI is InChI=1S/C55H97NO8/c1-6-8-10-12-14-16-18-20-22-24-26-28-29-31-33-35-37-39-41-43-45-52(57)62-49-51(50-63-55(54(59)60)61-48-47-56(3,4)5)64-53(58)46-44-42-40-38-36-34-32-30-27-25-23-21-19-17-15-13-11-9-7-2/h9,11,15,17,21,23,27,30,34,36,51,55H,6-8,10,12-14,16,18-20,22,24-26,28-29,31-33,35,37-50H2,1-5H3/p+1/b11-9-,17-15-,23-21-,30-27-,36-34-. The summed E-state index contributed by atoms with van der Waals surface area (Å²) < 4.78 is 22.8. The quantitative estimate of drug-likeness (QED) is 0.0211. The molecule has 0 saturated heterocycles. The van der Waals surface area contributed by atoms with Crippen molar-refractivity contribution in [2.75, 3.05) is 47.5 Å². The SMILES string of the molecule is CC/C=C\C/C=C\C/C=C\C/C=C\C/C=C\CCCCCC(=O)OC(COC(=O)CCCCCCCCCCCCCCCCCCCCCC)COC(OCC[N+](C)(C)C)C(=O)O. The molecule has 0 aromatic carbocycles. The molecule has 9 heteroatoms. The van der Waals surface area contributed by atoms with E-state index in [1.165, 1.54) is 109 Å². The molecule has 2 unspecified atom stereocenters. The maximum Gasteiger partial charge on any atom is 0.361 e. The lowest BCUT2D eigenvalue weighted by Gasteiger charge is -2.25. The molecule has 0 saturated carbocycles. The molecule has 0 fully saturated rings. The van der Waals surface area contributed by atoms with Crippen LogP contribution in [0.15, 0.2) is 60.8 Å². The Morgan fingerprint density at radius 1 is 0.484 bits per heavy atom. The summed E-state index contributed by atoms with van der Waals surface area (Å²) in [7, 11) is 5.95. The zero-order valence-electron chi connectivity index (χ0n) is 41.9. The van der Waals surface area contributed by atoms with Crippen LogP contribution in [0, 0.1) is 0 Å².